The van der Waals surface area contributed by atoms with Crippen molar-refractivity contribution < 1.29 is 18.3 Å². The highest BCUT2D eigenvalue weighted by Crippen LogP contribution is 2.20. The maximum Gasteiger partial charge on any atom is 0.274 e. The molecule has 8 heteroatoms. The molecule has 0 saturated carbocycles. The molecule has 1 aromatic heterocycles. The Labute approximate surface area is 186 Å². The Kier molecular flexibility index (Phi) is 6.50. The average molecular weight is 440 g/mol. The maximum atomic E-state index is 13.9. The van der Waals surface area contributed by atoms with E-state index in [9.17, 15) is 13.6 Å². The van der Waals surface area contributed by atoms with Gasteiger partial charge in [0.15, 0.2) is 24.1 Å². The van der Waals surface area contributed by atoms with Crippen LogP contribution in [0.4, 0.5) is 8.78 Å². The van der Waals surface area contributed by atoms with Crippen LogP contribution in [0, 0.1) is 25.5 Å². The zero-order valence-electron chi connectivity index (χ0n) is 18.2. The quantitative estimate of drug-likeness (QED) is 0.586. The highest BCUT2D eigenvalue weighted by molar-refractivity contribution is 5.92. The molecular weight excluding hydrogens is 414 g/mol. The summed E-state index contributed by atoms with van der Waals surface area (Å²) in [5.74, 6) is -1.00. The molecule has 1 saturated heterocycles. The molecule has 1 aliphatic rings. The van der Waals surface area contributed by atoms with Crippen molar-refractivity contribution in [2.24, 2.45) is 0 Å². The highest BCUT2D eigenvalue weighted by atomic mass is 19.2. The van der Waals surface area contributed by atoms with Gasteiger partial charge in [-0.1, -0.05) is 24.3 Å². The Morgan fingerprint density at radius 3 is 2.62 bits per heavy atom. The molecule has 0 spiro atoms. The van der Waals surface area contributed by atoms with Crippen LogP contribution in [-0.4, -0.2) is 51.7 Å². The highest BCUT2D eigenvalue weighted by Gasteiger charge is 2.24. The van der Waals surface area contributed by atoms with Crippen LogP contribution in [0.5, 0.6) is 5.75 Å². The van der Waals surface area contributed by atoms with Gasteiger partial charge in [0.05, 0.1) is 0 Å². The van der Waals surface area contributed by atoms with Gasteiger partial charge in [-0.15, -0.1) is 0 Å². The van der Waals surface area contributed by atoms with Gasteiger partial charge >= 0.3 is 0 Å². The lowest BCUT2D eigenvalue weighted by molar-refractivity contribution is 0.0619. The monoisotopic (exact) mass is 440 g/mol. The van der Waals surface area contributed by atoms with E-state index in [0.717, 1.165) is 22.9 Å². The fourth-order valence-electron chi connectivity index (χ4n) is 3.73. The van der Waals surface area contributed by atoms with E-state index in [4.69, 9.17) is 4.74 Å². The number of rotatable bonds is 6. The van der Waals surface area contributed by atoms with Gasteiger partial charge in [-0.25, -0.2) is 13.5 Å². The Hall–Kier alpha value is -3.26. The summed E-state index contributed by atoms with van der Waals surface area (Å²) in [6, 6.07) is 11.9. The molecule has 168 valence electrons. The Morgan fingerprint density at radius 2 is 1.84 bits per heavy atom. The van der Waals surface area contributed by atoms with E-state index in [1.165, 1.54) is 6.07 Å². The van der Waals surface area contributed by atoms with Crippen LogP contribution in [0.15, 0.2) is 48.7 Å². The van der Waals surface area contributed by atoms with Crippen LogP contribution in [0.1, 0.15) is 27.2 Å². The molecule has 2 aromatic carbocycles. The first-order valence-electron chi connectivity index (χ1n) is 10.6. The van der Waals surface area contributed by atoms with Gasteiger partial charge in [0.2, 0.25) is 0 Å². The second-order valence-electron chi connectivity index (χ2n) is 8.06. The van der Waals surface area contributed by atoms with Crippen LogP contribution in [0.25, 0.3) is 0 Å². The molecular formula is C24H26F2N4O2. The minimum Gasteiger partial charge on any atom is -0.471 e. The van der Waals surface area contributed by atoms with Crippen LogP contribution in [0.2, 0.25) is 0 Å². The van der Waals surface area contributed by atoms with E-state index in [1.54, 1.807) is 27.9 Å². The fraction of sp³-hybridized carbons (Fsp3) is 0.333. The summed E-state index contributed by atoms with van der Waals surface area (Å²) in [6.07, 6.45) is 1.72. The Morgan fingerprint density at radius 1 is 1.06 bits per heavy atom. The first-order chi connectivity index (χ1) is 15.4. The average Bonchev–Trinajstić information content (AvgIpc) is 3.27. The van der Waals surface area contributed by atoms with E-state index in [0.29, 0.717) is 44.0 Å². The van der Waals surface area contributed by atoms with E-state index in [-0.39, 0.29) is 12.6 Å². The number of benzene rings is 2. The van der Waals surface area contributed by atoms with Gasteiger partial charge in [0.1, 0.15) is 5.75 Å². The van der Waals surface area contributed by atoms with Crippen molar-refractivity contribution in [3.63, 3.8) is 0 Å². The number of carbonyl (C=O) groups excluding carboxylic acids is 1. The molecule has 0 unspecified atom stereocenters. The van der Waals surface area contributed by atoms with Crippen molar-refractivity contribution in [1.82, 2.24) is 19.6 Å². The Bertz CT molecular complexity index is 1110. The smallest absolute Gasteiger partial charge is 0.274 e. The molecule has 32 heavy (non-hydrogen) atoms. The van der Waals surface area contributed by atoms with Crippen LogP contribution >= 0.6 is 0 Å². The van der Waals surface area contributed by atoms with Crippen molar-refractivity contribution in [2.45, 2.75) is 27.1 Å². The van der Waals surface area contributed by atoms with Crippen molar-refractivity contribution in [1.29, 1.82) is 0 Å². The number of aromatic nitrogens is 2. The van der Waals surface area contributed by atoms with Gasteiger partial charge in [-0.05, 0) is 43.2 Å². The third-order valence-corrected chi connectivity index (χ3v) is 5.64. The van der Waals surface area contributed by atoms with Crippen molar-refractivity contribution >= 4 is 5.91 Å². The predicted octanol–water partition coefficient (Wildman–Crippen LogP) is 3.77. The number of hydrogen-bond acceptors (Lipinski definition) is 4. The summed E-state index contributed by atoms with van der Waals surface area (Å²) in [5.41, 5.74) is 2.84. The van der Waals surface area contributed by atoms with Gasteiger partial charge in [-0.3, -0.25) is 9.69 Å². The summed E-state index contributed by atoms with van der Waals surface area (Å²) in [6.45, 7) is 6.68. The number of carbonyl (C=O) groups is 1. The first-order valence-corrected chi connectivity index (χ1v) is 10.6. The predicted molar refractivity (Wildman–Crippen MR) is 116 cm³/mol. The minimum absolute atomic E-state index is 0.146. The molecule has 1 fully saturated rings. The van der Waals surface area contributed by atoms with Crippen LogP contribution < -0.4 is 4.74 Å². The van der Waals surface area contributed by atoms with E-state index in [1.807, 2.05) is 36.9 Å². The third kappa shape index (κ3) is 4.96. The molecule has 1 amide bonds. The second-order valence-corrected chi connectivity index (χ2v) is 8.06. The topological polar surface area (TPSA) is 50.6 Å². The lowest BCUT2D eigenvalue weighted by Crippen LogP contribution is -2.48. The van der Waals surface area contributed by atoms with Gasteiger partial charge < -0.3 is 9.64 Å². The van der Waals surface area contributed by atoms with Crippen LogP contribution in [0.3, 0.4) is 0 Å². The second kappa shape index (κ2) is 9.48. The Balaban J connectivity index is 1.30. The summed E-state index contributed by atoms with van der Waals surface area (Å²) in [4.78, 5) is 16.6. The summed E-state index contributed by atoms with van der Waals surface area (Å²) in [7, 11) is 0. The summed E-state index contributed by atoms with van der Waals surface area (Å²) in [5, 5.41) is 4.36. The number of hydrogen-bond donors (Lipinski definition) is 0. The molecule has 0 aliphatic carbocycles. The van der Waals surface area contributed by atoms with Crippen LogP contribution in [-0.2, 0) is 13.3 Å². The minimum atomic E-state index is -0.839. The zero-order valence-corrected chi connectivity index (χ0v) is 18.2. The SMILES string of the molecule is Cc1ccc(C)c(OCn2ccc(C(=O)N3CCN(Cc4cccc(F)c4F)CC3)n2)c1. The first kappa shape index (κ1) is 22.0. The molecule has 0 bridgehead atoms. The van der Waals surface area contributed by atoms with E-state index in [2.05, 4.69) is 5.10 Å². The fourth-order valence-corrected chi connectivity index (χ4v) is 3.73. The van der Waals surface area contributed by atoms with Gasteiger partial charge in [0.25, 0.3) is 5.91 Å². The molecule has 0 N–H and O–H groups in total. The van der Waals surface area contributed by atoms with Crippen molar-refractivity contribution in [3.8, 4) is 5.75 Å². The molecule has 6 nitrogen and oxygen atoms in total. The summed E-state index contributed by atoms with van der Waals surface area (Å²) >= 11 is 0. The largest absolute Gasteiger partial charge is 0.471 e. The molecule has 0 radical (unpaired) electrons. The number of amides is 1. The number of piperazine rings is 1. The number of aryl methyl sites for hydroxylation is 2. The molecule has 1 aliphatic heterocycles. The maximum absolute atomic E-state index is 13.9. The molecule has 3 aromatic rings. The molecule has 4 rings (SSSR count). The normalized spacial score (nSPS) is 14.6. The lowest BCUT2D eigenvalue weighted by atomic mass is 10.1. The van der Waals surface area contributed by atoms with E-state index >= 15 is 0 Å². The standard InChI is InChI=1S/C24H26F2N4O2/c1-17-6-7-18(2)22(14-17)32-16-30-9-8-21(27-30)24(31)29-12-10-28(11-13-29)15-19-4-3-5-20(25)23(19)26/h3-9,14H,10-13,15-16H2,1-2H3. The van der Waals surface area contributed by atoms with Gasteiger partial charge in [-0.2, -0.15) is 5.10 Å². The summed E-state index contributed by atoms with van der Waals surface area (Å²) < 4.78 is 34.8. The molecule has 2 heterocycles. The molecule has 0 atom stereocenters. The van der Waals surface area contributed by atoms with Crippen molar-refractivity contribution in [2.75, 3.05) is 26.2 Å². The van der Waals surface area contributed by atoms with Gasteiger partial charge in [0, 0.05) is 44.5 Å². The third-order valence-electron chi connectivity index (χ3n) is 5.64. The number of ether oxygens (including phenoxy) is 1. The zero-order chi connectivity index (χ0) is 22.7. The van der Waals surface area contributed by atoms with E-state index < -0.39 is 11.6 Å². The number of nitrogens with zero attached hydrogens (tertiary/aromatic N) is 4. The van der Waals surface area contributed by atoms with Crippen molar-refractivity contribution in [3.05, 3.63) is 82.7 Å². The lowest BCUT2D eigenvalue weighted by Gasteiger charge is -2.34. The number of halogens is 2.